The Hall–Kier alpha value is -2.96. The van der Waals surface area contributed by atoms with Gasteiger partial charge in [-0.2, -0.15) is 0 Å². The van der Waals surface area contributed by atoms with Crippen LogP contribution in [0.3, 0.4) is 0 Å². The normalized spacial score (nSPS) is 31.7. The van der Waals surface area contributed by atoms with Crippen LogP contribution in [0.15, 0.2) is 59.7 Å². The van der Waals surface area contributed by atoms with Crippen LogP contribution in [0.2, 0.25) is 0 Å². The second-order valence-electron chi connectivity index (χ2n) is 6.83. The van der Waals surface area contributed by atoms with Crippen LogP contribution >= 0.6 is 11.6 Å². The Morgan fingerprint density at radius 1 is 0.852 bits per heavy atom. The quantitative estimate of drug-likeness (QED) is 0.515. The highest BCUT2D eigenvalue weighted by molar-refractivity contribution is 6.49. The van der Waals surface area contributed by atoms with Crippen molar-refractivity contribution in [1.82, 2.24) is 0 Å². The Morgan fingerprint density at radius 2 is 1.48 bits per heavy atom. The van der Waals surface area contributed by atoms with E-state index in [0.29, 0.717) is 11.5 Å². The molecule has 0 N–H and O–H groups in total. The molecule has 2 aliphatic heterocycles. The second-order valence-corrected chi connectivity index (χ2v) is 7.24. The van der Waals surface area contributed by atoms with Crippen LogP contribution in [0.25, 0.3) is 10.8 Å². The lowest BCUT2D eigenvalue weighted by molar-refractivity contribution is -0.157. The molecule has 0 amide bonds. The topological polar surface area (TPSA) is 82.2 Å². The molecule has 6 rings (SSSR count). The molecule has 1 saturated heterocycles. The maximum atomic E-state index is 12.9. The Morgan fingerprint density at radius 3 is 2.15 bits per heavy atom. The van der Waals surface area contributed by atoms with Crippen molar-refractivity contribution >= 4 is 39.7 Å². The molecule has 2 aliphatic carbocycles. The molecule has 2 atom stereocenters. The fourth-order valence-electron chi connectivity index (χ4n) is 4.34. The zero-order valence-corrected chi connectivity index (χ0v) is 14.3. The third-order valence-electron chi connectivity index (χ3n) is 5.54. The van der Waals surface area contributed by atoms with Crippen LogP contribution in [-0.2, 0) is 19.1 Å². The van der Waals surface area contributed by atoms with Crippen LogP contribution in [-0.4, -0.2) is 34.3 Å². The minimum absolute atomic E-state index is 0.272. The summed E-state index contributed by atoms with van der Waals surface area (Å²) in [6.45, 7) is 0. The first-order valence-electron chi connectivity index (χ1n) is 8.25. The van der Waals surface area contributed by atoms with Gasteiger partial charge in [-0.15, -0.1) is 0 Å². The summed E-state index contributed by atoms with van der Waals surface area (Å²) in [6, 6.07) is 10.8. The molecule has 6 nitrogen and oxygen atoms in total. The minimum Gasteiger partial charge on any atom is -0.445 e. The van der Waals surface area contributed by atoms with Crippen molar-refractivity contribution in [2.75, 3.05) is 0 Å². The van der Waals surface area contributed by atoms with Gasteiger partial charge in [0.25, 0.3) is 5.60 Å². The first-order valence-corrected chi connectivity index (χ1v) is 8.63. The van der Waals surface area contributed by atoms with Crippen LogP contribution < -0.4 is 9.47 Å². The summed E-state index contributed by atoms with van der Waals surface area (Å²) in [6.07, 6.45) is 3.34. The average molecular weight is 381 g/mol. The van der Waals surface area contributed by atoms with E-state index in [2.05, 4.69) is 0 Å². The molecule has 132 valence electrons. The number of Topliss-reactive ketones (excluding diaryl/α,β-unsaturated/α-hetero) is 1. The lowest BCUT2D eigenvalue weighted by atomic mass is 9.70. The van der Waals surface area contributed by atoms with Gasteiger partial charge in [0, 0.05) is 6.08 Å². The molecule has 4 aliphatic rings. The van der Waals surface area contributed by atoms with Crippen LogP contribution in [0.5, 0.6) is 11.5 Å². The lowest BCUT2D eigenvalue weighted by Crippen LogP contribution is -2.67. The predicted octanol–water partition coefficient (Wildman–Crippen LogP) is 2.23. The van der Waals surface area contributed by atoms with Crippen LogP contribution in [0, 0.1) is 0 Å². The lowest BCUT2D eigenvalue weighted by Gasteiger charge is -2.42. The summed E-state index contributed by atoms with van der Waals surface area (Å²) in [5.41, 5.74) is -3.97. The Bertz CT molecular complexity index is 1150. The molecule has 0 unspecified atom stereocenters. The van der Waals surface area contributed by atoms with Gasteiger partial charge in [-0.1, -0.05) is 35.9 Å². The van der Waals surface area contributed by atoms with Crippen LogP contribution in [0.4, 0.5) is 0 Å². The largest absolute Gasteiger partial charge is 0.445 e. The Labute approximate surface area is 156 Å². The molecule has 2 aromatic rings. The van der Waals surface area contributed by atoms with Crippen molar-refractivity contribution in [3.63, 3.8) is 0 Å². The highest BCUT2D eigenvalue weighted by atomic mass is 35.5. The van der Waals surface area contributed by atoms with Crippen molar-refractivity contribution in [2.24, 2.45) is 0 Å². The molecule has 2 aromatic carbocycles. The van der Waals surface area contributed by atoms with Crippen molar-refractivity contribution < 1.29 is 28.6 Å². The summed E-state index contributed by atoms with van der Waals surface area (Å²) in [7, 11) is 0. The van der Waals surface area contributed by atoms with Gasteiger partial charge in [0.2, 0.25) is 11.4 Å². The number of carbonyl (C=O) groups excluding carboxylic acids is 3. The van der Waals surface area contributed by atoms with Gasteiger partial charge in [-0.3, -0.25) is 14.4 Å². The SMILES string of the molecule is O=C1C=CC(=O)[C@@]23O[C@]12C(=O)C(Cl)=CC31Oc2cccc3cccc(c23)O1. The highest BCUT2D eigenvalue weighted by Crippen LogP contribution is 2.65. The number of carbonyl (C=O) groups is 3. The number of halogens is 1. The molecule has 0 aromatic heterocycles. The van der Waals surface area contributed by atoms with E-state index in [0.717, 1.165) is 22.9 Å². The first kappa shape index (κ1) is 15.1. The Balaban J connectivity index is 1.66. The number of hydrogen-bond acceptors (Lipinski definition) is 6. The fourth-order valence-corrected chi connectivity index (χ4v) is 4.62. The van der Waals surface area contributed by atoms with E-state index in [4.69, 9.17) is 25.8 Å². The molecule has 0 saturated carbocycles. The number of epoxide rings is 1. The maximum Gasteiger partial charge on any atom is 0.314 e. The predicted molar refractivity (Wildman–Crippen MR) is 92.6 cm³/mol. The van der Waals surface area contributed by atoms with Gasteiger partial charge in [-0.05, 0) is 29.7 Å². The van der Waals surface area contributed by atoms with Crippen molar-refractivity contribution in [1.29, 1.82) is 0 Å². The molecular formula is C20H9ClO6. The van der Waals surface area contributed by atoms with E-state index in [1.807, 2.05) is 12.1 Å². The number of ketones is 3. The van der Waals surface area contributed by atoms with Gasteiger partial charge in [-0.25, -0.2) is 0 Å². The standard InChI is InChI=1S/C20H9ClO6/c21-11-9-18(20-15(23)8-7-14(22)19(20,27-20)17(11)24)25-12-5-1-3-10-4-2-6-13(26-18)16(10)12/h1-9H/t19-,20-/m0/s1. The molecule has 7 heteroatoms. The zero-order chi connectivity index (χ0) is 18.6. The summed E-state index contributed by atoms with van der Waals surface area (Å²) in [4.78, 5) is 38.1. The van der Waals surface area contributed by atoms with Crippen molar-refractivity contribution in [3.05, 3.63) is 59.7 Å². The van der Waals surface area contributed by atoms with Gasteiger partial charge < -0.3 is 14.2 Å². The summed E-state index contributed by atoms with van der Waals surface area (Å²) in [5.74, 6) is -2.97. The van der Waals surface area contributed by atoms with E-state index in [-0.39, 0.29) is 5.03 Å². The van der Waals surface area contributed by atoms with Gasteiger partial charge in [0.15, 0.2) is 11.6 Å². The number of benzene rings is 2. The highest BCUT2D eigenvalue weighted by Gasteiger charge is 2.94. The monoisotopic (exact) mass is 380 g/mol. The molecule has 1 fully saturated rings. The summed E-state index contributed by atoms with van der Waals surface area (Å²) >= 11 is 6.15. The van der Waals surface area contributed by atoms with E-state index in [1.54, 1.807) is 24.3 Å². The summed E-state index contributed by atoms with van der Waals surface area (Å²) < 4.78 is 17.9. The molecule has 0 bridgehead atoms. The van der Waals surface area contributed by atoms with Crippen molar-refractivity contribution in [3.8, 4) is 11.5 Å². The summed E-state index contributed by atoms with van der Waals surface area (Å²) in [5, 5.41) is 1.33. The van der Waals surface area contributed by atoms with Crippen LogP contribution in [0.1, 0.15) is 0 Å². The van der Waals surface area contributed by atoms with E-state index in [1.165, 1.54) is 6.08 Å². The fraction of sp³-hybridized carbons (Fsp3) is 0.150. The van der Waals surface area contributed by atoms with E-state index >= 15 is 0 Å². The van der Waals surface area contributed by atoms with Gasteiger partial charge in [0.1, 0.15) is 11.5 Å². The zero-order valence-electron chi connectivity index (χ0n) is 13.5. The first-order chi connectivity index (χ1) is 13.0. The van der Waals surface area contributed by atoms with E-state index in [9.17, 15) is 14.4 Å². The number of rotatable bonds is 0. The third kappa shape index (κ3) is 1.41. The average Bonchev–Trinajstić information content (AvgIpc) is 3.39. The molecule has 0 radical (unpaired) electrons. The smallest absolute Gasteiger partial charge is 0.314 e. The number of hydrogen-bond donors (Lipinski definition) is 0. The number of ether oxygens (including phenoxy) is 3. The molecule has 2 heterocycles. The molecular weight excluding hydrogens is 372 g/mol. The minimum atomic E-state index is -2.04. The Kier molecular flexibility index (Phi) is 2.41. The van der Waals surface area contributed by atoms with E-state index < -0.39 is 34.3 Å². The maximum absolute atomic E-state index is 12.9. The van der Waals surface area contributed by atoms with Crippen molar-refractivity contribution in [2.45, 2.75) is 17.0 Å². The third-order valence-corrected chi connectivity index (χ3v) is 5.82. The van der Waals surface area contributed by atoms with Gasteiger partial charge in [0.05, 0.1) is 10.4 Å². The van der Waals surface area contributed by atoms with Gasteiger partial charge >= 0.3 is 5.79 Å². The molecule has 1 spiro atoms. The molecule has 27 heavy (non-hydrogen) atoms. The second kappa shape index (κ2) is 4.30.